The molecule has 0 aromatic heterocycles. The van der Waals surface area contributed by atoms with Gasteiger partial charge in [-0.2, -0.15) is 0 Å². The van der Waals surface area contributed by atoms with Gasteiger partial charge in [-0.15, -0.1) is 0 Å². The van der Waals surface area contributed by atoms with E-state index in [0.717, 1.165) is 0 Å². The second-order valence-corrected chi connectivity index (χ2v) is 5.87. The smallest absolute Gasteiger partial charge is 0.291 e. The number of rotatable bonds is 4. The van der Waals surface area contributed by atoms with Crippen LogP contribution in [0.3, 0.4) is 0 Å². The second-order valence-electron chi connectivity index (χ2n) is 1.57. The van der Waals surface area contributed by atoms with Gasteiger partial charge in [0, 0.05) is 0 Å². The third kappa shape index (κ3) is 4.90. The van der Waals surface area contributed by atoms with E-state index in [4.69, 9.17) is 4.55 Å². The third-order valence-corrected chi connectivity index (χ3v) is 4.92. The zero-order valence-electron chi connectivity index (χ0n) is 5.96. The zero-order valence-corrected chi connectivity index (χ0v) is 8.41. The predicted molar refractivity (Wildman–Crippen MR) is 44.2 cm³/mol. The van der Waals surface area contributed by atoms with Crippen molar-refractivity contribution in [3.63, 3.8) is 0 Å². The molecule has 0 spiro atoms. The summed E-state index contributed by atoms with van der Waals surface area (Å²) < 4.78 is 54.5. The van der Waals surface area contributed by atoms with Crippen LogP contribution in [0.5, 0.6) is 0 Å². The summed E-state index contributed by atoms with van der Waals surface area (Å²) in [6, 6.07) is 0. The van der Waals surface area contributed by atoms with Gasteiger partial charge in [0.25, 0.3) is 11.3 Å². The highest BCUT2D eigenvalue weighted by Gasteiger charge is 2.07. The molecule has 0 fully saturated rings. The maximum atomic E-state index is 11.2. The average Bonchev–Trinajstić information content (AvgIpc) is 1.83. The largest absolute Gasteiger partial charge is 0.772 e. The SMILES string of the molecule is CNS(=O)(CS(=O)[O-])=NS(=O)O. The van der Waals surface area contributed by atoms with E-state index in [2.05, 4.69) is 8.49 Å². The van der Waals surface area contributed by atoms with Crippen LogP contribution in [0.25, 0.3) is 0 Å². The van der Waals surface area contributed by atoms with Gasteiger partial charge in [0.15, 0.2) is 0 Å². The van der Waals surface area contributed by atoms with Crippen LogP contribution in [-0.2, 0) is 32.3 Å². The molecule has 7 nitrogen and oxygen atoms in total. The molecule has 0 aliphatic heterocycles. The third-order valence-electron chi connectivity index (χ3n) is 0.759. The van der Waals surface area contributed by atoms with E-state index in [1.807, 2.05) is 0 Å². The van der Waals surface area contributed by atoms with Crippen LogP contribution >= 0.6 is 0 Å². The molecule has 0 radical (unpaired) electrons. The minimum absolute atomic E-state index is 0.810. The summed E-state index contributed by atoms with van der Waals surface area (Å²) in [4.78, 5) is 0. The van der Waals surface area contributed by atoms with Crippen molar-refractivity contribution in [3.8, 4) is 0 Å². The quantitative estimate of drug-likeness (QED) is 0.578. The molecule has 12 heavy (non-hydrogen) atoms. The van der Waals surface area contributed by atoms with Gasteiger partial charge < -0.3 is 4.55 Å². The molecule has 0 aromatic rings. The minimum Gasteiger partial charge on any atom is -0.772 e. The Labute approximate surface area is 75.0 Å². The first kappa shape index (κ1) is 12.1. The normalized spacial score (nSPS) is 20.9. The molecule has 3 unspecified atom stereocenters. The van der Waals surface area contributed by atoms with Crippen LogP contribution in [-0.4, -0.2) is 33.9 Å². The molecule has 2 N–H and O–H groups in total. The summed E-state index contributed by atoms with van der Waals surface area (Å²) in [5.74, 6) is 0. The molecule has 0 aliphatic carbocycles. The molecule has 0 saturated heterocycles. The van der Waals surface area contributed by atoms with Gasteiger partial charge >= 0.3 is 0 Å². The first-order chi connectivity index (χ1) is 5.39. The Morgan fingerprint density at radius 3 is 2.42 bits per heavy atom. The fraction of sp³-hybridized carbons (Fsp3) is 1.00. The number of hydrogen-bond acceptors (Lipinski definition) is 4. The average molecular weight is 235 g/mol. The summed E-state index contributed by atoms with van der Waals surface area (Å²) in [7, 11) is -2.13. The number of hydrogen-bond donors (Lipinski definition) is 2. The Balaban J connectivity index is 4.81. The van der Waals surface area contributed by atoms with Crippen molar-refractivity contribution in [2.45, 2.75) is 0 Å². The van der Waals surface area contributed by atoms with Crippen molar-refractivity contribution >= 4 is 32.3 Å². The van der Waals surface area contributed by atoms with Crippen LogP contribution in [0, 0.1) is 0 Å². The molecule has 0 saturated carbocycles. The molecule has 0 aromatic carbocycles. The Morgan fingerprint density at radius 1 is 1.67 bits per heavy atom. The lowest BCUT2D eigenvalue weighted by Gasteiger charge is -2.08. The fourth-order valence-electron chi connectivity index (χ4n) is 0.351. The van der Waals surface area contributed by atoms with Gasteiger partial charge in [-0.1, -0.05) is 3.77 Å². The summed E-state index contributed by atoms with van der Waals surface area (Å²) in [6.07, 6.45) is 0. The van der Waals surface area contributed by atoms with E-state index < -0.39 is 37.3 Å². The molecule has 0 rings (SSSR count). The van der Waals surface area contributed by atoms with Crippen molar-refractivity contribution in [1.82, 2.24) is 4.72 Å². The molecule has 0 bridgehead atoms. The molecule has 10 heteroatoms. The van der Waals surface area contributed by atoms with Gasteiger partial charge in [-0.3, -0.25) is 8.76 Å². The van der Waals surface area contributed by atoms with Crippen LogP contribution in [0.4, 0.5) is 0 Å². The molecule has 0 heterocycles. The van der Waals surface area contributed by atoms with E-state index in [1.54, 1.807) is 0 Å². The van der Waals surface area contributed by atoms with Crippen molar-refractivity contribution in [2.75, 3.05) is 12.1 Å². The minimum atomic E-state index is -3.31. The van der Waals surface area contributed by atoms with Crippen molar-refractivity contribution in [2.24, 2.45) is 3.77 Å². The number of nitrogens with zero attached hydrogens (tertiary/aromatic N) is 1. The van der Waals surface area contributed by atoms with Gasteiger partial charge in [0.2, 0.25) is 0 Å². The summed E-state index contributed by atoms with van der Waals surface area (Å²) in [5.41, 5.74) is 0. The molecule has 3 atom stereocenters. The van der Waals surface area contributed by atoms with Crippen molar-refractivity contribution in [1.29, 1.82) is 0 Å². The fourth-order valence-corrected chi connectivity index (χ4v) is 3.55. The van der Waals surface area contributed by atoms with Gasteiger partial charge in [0.05, 0.1) is 0 Å². The maximum Gasteiger partial charge on any atom is 0.291 e. The maximum absolute atomic E-state index is 11.2. The van der Waals surface area contributed by atoms with E-state index in [9.17, 15) is 17.2 Å². The zero-order chi connectivity index (χ0) is 9.78. The first-order valence-corrected chi connectivity index (χ1v) is 6.49. The highest BCUT2D eigenvalue weighted by atomic mass is 32.3. The van der Waals surface area contributed by atoms with Gasteiger partial charge in [-0.05, 0) is 18.1 Å². The number of nitrogens with one attached hydrogen (secondary N) is 1. The standard InChI is InChI=1S/C2H8N2O5S3/c1-3-12(9,2-10(5)6)4-11(7)8/h2H2,1H3,(H,5,6)(H,7,8)(H,3,4,9)/p-1. The molecular weight excluding hydrogens is 228 g/mol. The lowest BCUT2D eigenvalue weighted by atomic mass is 11.6. The second kappa shape index (κ2) is 4.99. The monoisotopic (exact) mass is 235 g/mol. The lowest BCUT2D eigenvalue weighted by Crippen LogP contribution is -2.24. The first-order valence-electron chi connectivity index (χ1n) is 2.50. The van der Waals surface area contributed by atoms with Gasteiger partial charge in [-0.25, -0.2) is 13.1 Å². The van der Waals surface area contributed by atoms with E-state index in [-0.39, 0.29) is 0 Å². The van der Waals surface area contributed by atoms with E-state index in [0.29, 0.717) is 0 Å². The molecule has 0 amide bonds. The molecule has 0 aliphatic rings. The van der Waals surface area contributed by atoms with Crippen LogP contribution in [0.15, 0.2) is 3.77 Å². The lowest BCUT2D eigenvalue weighted by molar-refractivity contribution is 0.541. The van der Waals surface area contributed by atoms with E-state index >= 15 is 0 Å². The summed E-state index contributed by atoms with van der Waals surface area (Å²) >= 11 is -5.22. The topological polar surface area (TPSA) is 119 Å². The van der Waals surface area contributed by atoms with E-state index in [1.165, 1.54) is 7.05 Å². The van der Waals surface area contributed by atoms with Crippen molar-refractivity contribution < 1.29 is 21.7 Å². The highest BCUT2D eigenvalue weighted by molar-refractivity contribution is 8.06. The Bertz CT molecular complexity index is 304. The molecular formula is C2H7N2O5S3-. The summed E-state index contributed by atoms with van der Waals surface area (Å²) in [5, 5.41) is -0.810. The molecule has 74 valence electrons. The van der Waals surface area contributed by atoms with Gasteiger partial charge in [0.1, 0.15) is 15.0 Å². The van der Waals surface area contributed by atoms with Crippen molar-refractivity contribution in [3.05, 3.63) is 0 Å². The van der Waals surface area contributed by atoms with Crippen LogP contribution < -0.4 is 4.72 Å². The predicted octanol–water partition coefficient (Wildman–Crippen LogP) is -1.44. The van der Waals surface area contributed by atoms with Crippen LogP contribution in [0.2, 0.25) is 0 Å². The Hall–Kier alpha value is 0.130. The summed E-state index contributed by atoms with van der Waals surface area (Å²) in [6.45, 7) is 0. The van der Waals surface area contributed by atoms with Crippen LogP contribution in [0.1, 0.15) is 0 Å². The Morgan fingerprint density at radius 2 is 2.17 bits per heavy atom. The Kier molecular flexibility index (Phi) is 5.04. The highest BCUT2D eigenvalue weighted by Crippen LogP contribution is 1.94.